The van der Waals surface area contributed by atoms with Crippen LogP contribution in [0.3, 0.4) is 0 Å². The van der Waals surface area contributed by atoms with E-state index in [1.807, 2.05) is 31.2 Å². The molecular formula is C16H14Cl3NO2. The molecule has 0 aliphatic heterocycles. The van der Waals surface area contributed by atoms with E-state index in [0.717, 1.165) is 17.7 Å². The van der Waals surface area contributed by atoms with Crippen LogP contribution in [0, 0.1) is 0 Å². The first kappa shape index (κ1) is 16.9. The second-order valence-electron chi connectivity index (χ2n) is 4.54. The third kappa shape index (κ3) is 4.29. The maximum absolute atomic E-state index is 12.0. The van der Waals surface area contributed by atoms with Gasteiger partial charge in [-0.3, -0.25) is 4.79 Å². The molecular weight excluding hydrogens is 345 g/mol. The molecule has 2 rings (SSSR count). The fourth-order valence-corrected chi connectivity index (χ4v) is 2.49. The van der Waals surface area contributed by atoms with Gasteiger partial charge in [0.25, 0.3) is 5.91 Å². The summed E-state index contributed by atoms with van der Waals surface area (Å²) < 4.78 is 5.39. The number of para-hydroxylation sites is 1. The summed E-state index contributed by atoms with van der Waals surface area (Å²) in [6.45, 7) is 1.85. The Bertz CT molecular complexity index is 689. The van der Waals surface area contributed by atoms with Crippen LogP contribution in [0.4, 0.5) is 5.69 Å². The fourth-order valence-electron chi connectivity index (χ4n) is 1.90. The number of carbonyl (C=O) groups is 1. The molecule has 22 heavy (non-hydrogen) atoms. The fraction of sp³-hybridized carbons (Fsp3) is 0.188. The Balaban J connectivity index is 2.00. The van der Waals surface area contributed by atoms with Crippen LogP contribution in [-0.4, -0.2) is 12.5 Å². The predicted molar refractivity (Wildman–Crippen MR) is 91.4 cm³/mol. The van der Waals surface area contributed by atoms with Crippen molar-refractivity contribution in [2.24, 2.45) is 0 Å². The molecule has 0 aromatic heterocycles. The maximum Gasteiger partial charge on any atom is 0.262 e. The molecule has 0 saturated heterocycles. The monoisotopic (exact) mass is 357 g/mol. The Hall–Kier alpha value is -1.42. The third-order valence-electron chi connectivity index (χ3n) is 3.01. The second-order valence-corrected chi connectivity index (χ2v) is 5.77. The van der Waals surface area contributed by atoms with Crippen LogP contribution in [0.1, 0.15) is 12.5 Å². The summed E-state index contributed by atoms with van der Waals surface area (Å²) in [7, 11) is 0. The highest BCUT2D eigenvalue weighted by Gasteiger charge is 2.10. The molecule has 0 fully saturated rings. The van der Waals surface area contributed by atoms with Crippen molar-refractivity contribution in [2.75, 3.05) is 11.9 Å². The van der Waals surface area contributed by atoms with E-state index in [1.165, 1.54) is 12.1 Å². The van der Waals surface area contributed by atoms with E-state index >= 15 is 0 Å². The van der Waals surface area contributed by atoms with Gasteiger partial charge in [-0.05, 0) is 24.1 Å². The maximum atomic E-state index is 12.0. The highest BCUT2D eigenvalue weighted by molar-refractivity contribution is 6.43. The standard InChI is InChI=1S/C16H14Cl3NO2/c1-2-10-5-3-4-6-14(10)20-16(21)9-22-15-8-12(18)11(17)7-13(15)19/h3-8H,2,9H2,1H3,(H,20,21). The molecule has 0 heterocycles. The van der Waals surface area contributed by atoms with Gasteiger partial charge in [0.05, 0.1) is 15.1 Å². The van der Waals surface area contributed by atoms with Crippen LogP contribution in [-0.2, 0) is 11.2 Å². The van der Waals surface area contributed by atoms with Gasteiger partial charge in [0.1, 0.15) is 5.75 Å². The number of nitrogens with one attached hydrogen (secondary N) is 1. The lowest BCUT2D eigenvalue weighted by Gasteiger charge is -2.11. The first-order chi connectivity index (χ1) is 10.5. The Morgan fingerprint density at radius 3 is 2.50 bits per heavy atom. The molecule has 2 aromatic carbocycles. The van der Waals surface area contributed by atoms with Crippen molar-refractivity contribution in [2.45, 2.75) is 13.3 Å². The van der Waals surface area contributed by atoms with Crippen molar-refractivity contribution in [1.29, 1.82) is 0 Å². The van der Waals surface area contributed by atoms with Crippen LogP contribution in [0.5, 0.6) is 5.75 Å². The number of halogens is 3. The summed E-state index contributed by atoms with van der Waals surface area (Å²) in [6.07, 6.45) is 0.829. The third-order valence-corrected chi connectivity index (χ3v) is 4.02. The summed E-state index contributed by atoms with van der Waals surface area (Å²) in [6, 6.07) is 10.6. The topological polar surface area (TPSA) is 38.3 Å². The van der Waals surface area contributed by atoms with Gasteiger partial charge in [-0.15, -0.1) is 0 Å². The molecule has 6 heteroatoms. The van der Waals surface area contributed by atoms with E-state index in [0.29, 0.717) is 20.8 Å². The zero-order valence-electron chi connectivity index (χ0n) is 11.8. The number of benzene rings is 2. The summed E-state index contributed by atoms with van der Waals surface area (Å²) in [5.41, 5.74) is 1.84. The first-order valence-electron chi connectivity index (χ1n) is 6.66. The highest BCUT2D eigenvalue weighted by Crippen LogP contribution is 2.33. The molecule has 1 N–H and O–H groups in total. The van der Waals surface area contributed by atoms with Crippen molar-refractivity contribution in [3.8, 4) is 5.75 Å². The number of carbonyl (C=O) groups excluding carboxylic acids is 1. The minimum atomic E-state index is -0.275. The zero-order valence-corrected chi connectivity index (χ0v) is 14.1. The average Bonchev–Trinajstić information content (AvgIpc) is 2.50. The number of hydrogen-bond acceptors (Lipinski definition) is 2. The molecule has 2 aromatic rings. The van der Waals surface area contributed by atoms with Crippen molar-refractivity contribution < 1.29 is 9.53 Å². The van der Waals surface area contributed by atoms with Gasteiger partial charge in [-0.1, -0.05) is 59.9 Å². The molecule has 116 valence electrons. The van der Waals surface area contributed by atoms with Gasteiger partial charge >= 0.3 is 0 Å². The lowest BCUT2D eigenvalue weighted by Crippen LogP contribution is -2.21. The molecule has 0 atom stereocenters. The quantitative estimate of drug-likeness (QED) is 0.743. The summed E-state index contributed by atoms with van der Waals surface area (Å²) >= 11 is 17.7. The molecule has 3 nitrogen and oxygen atoms in total. The van der Waals surface area contributed by atoms with Crippen LogP contribution in [0.15, 0.2) is 36.4 Å². The van der Waals surface area contributed by atoms with Crippen LogP contribution >= 0.6 is 34.8 Å². The largest absolute Gasteiger partial charge is 0.482 e. The SMILES string of the molecule is CCc1ccccc1NC(=O)COc1cc(Cl)c(Cl)cc1Cl. The number of amides is 1. The van der Waals surface area contributed by atoms with Crippen molar-refractivity contribution in [3.63, 3.8) is 0 Å². The van der Waals surface area contributed by atoms with Gasteiger partial charge in [-0.25, -0.2) is 0 Å². The van der Waals surface area contributed by atoms with Gasteiger partial charge in [0.15, 0.2) is 6.61 Å². The van der Waals surface area contributed by atoms with E-state index in [4.69, 9.17) is 39.5 Å². The summed E-state index contributed by atoms with van der Waals surface area (Å²) in [4.78, 5) is 12.0. The molecule has 0 unspecified atom stereocenters. The van der Waals surface area contributed by atoms with E-state index < -0.39 is 0 Å². The van der Waals surface area contributed by atoms with E-state index in [9.17, 15) is 4.79 Å². The van der Waals surface area contributed by atoms with E-state index in [1.54, 1.807) is 0 Å². The molecule has 0 radical (unpaired) electrons. The Morgan fingerprint density at radius 2 is 1.77 bits per heavy atom. The number of ether oxygens (including phenoxy) is 1. The molecule has 0 aliphatic carbocycles. The Kier molecular flexibility index (Phi) is 5.95. The lowest BCUT2D eigenvalue weighted by atomic mass is 10.1. The second kappa shape index (κ2) is 7.73. The van der Waals surface area contributed by atoms with Crippen molar-refractivity contribution >= 4 is 46.4 Å². The van der Waals surface area contributed by atoms with Crippen LogP contribution < -0.4 is 10.1 Å². The number of aryl methyl sites for hydroxylation is 1. The van der Waals surface area contributed by atoms with E-state index in [2.05, 4.69) is 5.32 Å². The molecule has 0 bridgehead atoms. The van der Waals surface area contributed by atoms with Gasteiger partial charge in [-0.2, -0.15) is 0 Å². The van der Waals surface area contributed by atoms with E-state index in [-0.39, 0.29) is 12.5 Å². The zero-order chi connectivity index (χ0) is 16.1. The van der Waals surface area contributed by atoms with Crippen molar-refractivity contribution in [1.82, 2.24) is 0 Å². The Labute approximate surface area is 144 Å². The minimum Gasteiger partial charge on any atom is -0.482 e. The molecule has 1 amide bonds. The van der Waals surface area contributed by atoms with Gasteiger partial charge in [0.2, 0.25) is 0 Å². The van der Waals surface area contributed by atoms with Gasteiger partial charge < -0.3 is 10.1 Å². The molecule has 0 aliphatic rings. The highest BCUT2D eigenvalue weighted by atomic mass is 35.5. The number of rotatable bonds is 5. The van der Waals surface area contributed by atoms with Gasteiger partial charge in [0, 0.05) is 11.8 Å². The van der Waals surface area contributed by atoms with Crippen LogP contribution in [0.2, 0.25) is 15.1 Å². The number of hydrogen-bond donors (Lipinski definition) is 1. The molecule has 0 spiro atoms. The smallest absolute Gasteiger partial charge is 0.262 e. The van der Waals surface area contributed by atoms with Crippen molar-refractivity contribution in [3.05, 3.63) is 57.0 Å². The molecule has 0 saturated carbocycles. The number of anilines is 1. The first-order valence-corrected chi connectivity index (χ1v) is 7.79. The predicted octanol–water partition coefficient (Wildman–Crippen LogP) is 5.23. The lowest BCUT2D eigenvalue weighted by molar-refractivity contribution is -0.118. The van der Waals surface area contributed by atoms with Crippen LogP contribution in [0.25, 0.3) is 0 Å². The summed E-state index contributed by atoms with van der Waals surface area (Å²) in [5, 5.41) is 3.76. The average molecular weight is 359 g/mol. The normalized spacial score (nSPS) is 10.4. The summed E-state index contributed by atoms with van der Waals surface area (Å²) in [5.74, 6) is 0.0398. The minimum absolute atomic E-state index is 0.171. The Morgan fingerprint density at radius 1 is 1.09 bits per heavy atom.